The normalized spacial score (nSPS) is 15.0. The van der Waals surface area contributed by atoms with Gasteiger partial charge in [0.25, 0.3) is 0 Å². The van der Waals surface area contributed by atoms with E-state index in [1.165, 1.54) is 25.7 Å². The van der Waals surface area contributed by atoms with E-state index in [1.54, 1.807) is 18.3 Å². The van der Waals surface area contributed by atoms with E-state index in [9.17, 15) is 0 Å². The van der Waals surface area contributed by atoms with Crippen molar-refractivity contribution in [3.05, 3.63) is 36.0 Å². The van der Waals surface area contributed by atoms with Crippen LogP contribution in [0.3, 0.4) is 0 Å². The van der Waals surface area contributed by atoms with Gasteiger partial charge in [-0.25, -0.2) is 0 Å². The molecule has 0 unspecified atom stereocenters. The highest BCUT2D eigenvalue weighted by Crippen LogP contribution is 2.19. The molecule has 0 aliphatic carbocycles. The van der Waals surface area contributed by atoms with E-state index in [2.05, 4.69) is 31.5 Å². The summed E-state index contributed by atoms with van der Waals surface area (Å²) in [5.74, 6) is 1.35. The van der Waals surface area contributed by atoms with Crippen molar-refractivity contribution in [2.45, 2.75) is 25.7 Å². The number of hydrogen-bond donors (Lipinski definition) is 1. The fourth-order valence-corrected chi connectivity index (χ4v) is 2.56. The van der Waals surface area contributed by atoms with Crippen LogP contribution in [0.1, 0.15) is 31.2 Å². The lowest BCUT2D eigenvalue weighted by Crippen LogP contribution is -2.25. The van der Waals surface area contributed by atoms with Crippen LogP contribution < -0.4 is 10.2 Å². The van der Waals surface area contributed by atoms with Gasteiger partial charge in [0.15, 0.2) is 5.82 Å². The molecule has 0 bridgehead atoms. The maximum Gasteiger partial charge on any atom is 0.249 e. The monoisotopic (exact) mass is 294 g/mol. The van der Waals surface area contributed by atoms with Crippen molar-refractivity contribution in [2.75, 3.05) is 23.3 Å². The predicted octanol–water partition coefficient (Wildman–Crippen LogP) is 2.87. The van der Waals surface area contributed by atoms with Gasteiger partial charge in [-0.15, -0.1) is 5.10 Å². The smallest absolute Gasteiger partial charge is 0.249 e. The van der Waals surface area contributed by atoms with Crippen molar-refractivity contribution < 1.29 is 0 Å². The topological polar surface area (TPSA) is 77.7 Å². The highest BCUT2D eigenvalue weighted by Gasteiger charge is 2.12. The zero-order valence-corrected chi connectivity index (χ0v) is 12.4. The predicted molar refractivity (Wildman–Crippen MR) is 84.9 cm³/mol. The Morgan fingerprint density at radius 3 is 2.45 bits per heavy atom. The molecule has 22 heavy (non-hydrogen) atoms. The number of rotatable bonds is 3. The van der Waals surface area contributed by atoms with Gasteiger partial charge in [-0.1, -0.05) is 12.8 Å². The molecule has 0 atom stereocenters. The Morgan fingerprint density at radius 1 is 1.05 bits per heavy atom. The fraction of sp³-hybridized carbons (Fsp3) is 0.375. The molecule has 6 nitrogen and oxygen atoms in total. The average molecular weight is 294 g/mol. The van der Waals surface area contributed by atoms with Crippen LogP contribution in [0.15, 0.2) is 30.5 Å². The van der Waals surface area contributed by atoms with Crippen LogP contribution in [-0.4, -0.2) is 28.3 Å². The molecule has 0 amide bonds. The second-order valence-corrected chi connectivity index (χ2v) is 5.35. The highest BCUT2D eigenvalue weighted by molar-refractivity contribution is 5.55. The first-order valence-corrected chi connectivity index (χ1v) is 7.57. The molecule has 2 heterocycles. The number of nitrogens with one attached hydrogen (secondary N) is 1. The number of anilines is 3. The van der Waals surface area contributed by atoms with E-state index in [-0.39, 0.29) is 0 Å². The molecule has 1 aliphatic rings. The molecule has 1 aromatic carbocycles. The second-order valence-electron chi connectivity index (χ2n) is 5.35. The number of aromatic nitrogens is 3. The molecule has 1 aliphatic heterocycles. The summed E-state index contributed by atoms with van der Waals surface area (Å²) in [5.41, 5.74) is 1.47. The molecule has 2 aromatic rings. The van der Waals surface area contributed by atoms with E-state index in [0.717, 1.165) is 24.6 Å². The van der Waals surface area contributed by atoms with Crippen LogP contribution in [-0.2, 0) is 0 Å². The van der Waals surface area contributed by atoms with Crippen LogP contribution in [0.5, 0.6) is 0 Å². The maximum atomic E-state index is 8.81. The minimum Gasteiger partial charge on any atom is -0.355 e. The lowest BCUT2D eigenvalue weighted by atomic mass is 10.2. The first-order chi connectivity index (χ1) is 10.8. The fourth-order valence-electron chi connectivity index (χ4n) is 2.56. The molecule has 1 N–H and O–H groups in total. The van der Waals surface area contributed by atoms with Gasteiger partial charge >= 0.3 is 0 Å². The van der Waals surface area contributed by atoms with Gasteiger partial charge in [-0.05, 0) is 37.1 Å². The van der Waals surface area contributed by atoms with Gasteiger partial charge < -0.3 is 10.2 Å². The van der Waals surface area contributed by atoms with Crippen molar-refractivity contribution in [3.63, 3.8) is 0 Å². The van der Waals surface area contributed by atoms with Gasteiger partial charge in [0.2, 0.25) is 5.95 Å². The largest absolute Gasteiger partial charge is 0.355 e. The highest BCUT2D eigenvalue weighted by atomic mass is 15.3. The summed E-state index contributed by atoms with van der Waals surface area (Å²) in [5, 5.41) is 20.0. The van der Waals surface area contributed by atoms with Crippen molar-refractivity contribution in [3.8, 4) is 6.07 Å². The summed E-state index contributed by atoms with van der Waals surface area (Å²) < 4.78 is 0. The third-order valence-corrected chi connectivity index (χ3v) is 3.75. The van der Waals surface area contributed by atoms with Crippen LogP contribution in [0.2, 0.25) is 0 Å². The van der Waals surface area contributed by atoms with E-state index >= 15 is 0 Å². The molecule has 0 spiro atoms. The summed E-state index contributed by atoms with van der Waals surface area (Å²) in [6.07, 6.45) is 6.68. The van der Waals surface area contributed by atoms with Crippen molar-refractivity contribution in [1.82, 2.24) is 15.2 Å². The molecule has 1 saturated heterocycles. The molecule has 6 heteroatoms. The van der Waals surface area contributed by atoms with Gasteiger partial charge in [-0.2, -0.15) is 15.3 Å². The quantitative estimate of drug-likeness (QED) is 0.938. The zero-order valence-electron chi connectivity index (χ0n) is 12.4. The Labute approximate surface area is 129 Å². The van der Waals surface area contributed by atoms with Crippen molar-refractivity contribution in [1.29, 1.82) is 5.26 Å². The van der Waals surface area contributed by atoms with E-state index < -0.39 is 0 Å². The maximum absolute atomic E-state index is 8.81. The molecule has 0 saturated carbocycles. The third-order valence-electron chi connectivity index (χ3n) is 3.75. The van der Waals surface area contributed by atoms with Crippen LogP contribution in [0, 0.1) is 11.3 Å². The van der Waals surface area contributed by atoms with E-state index in [1.807, 2.05) is 12.1 Å². The van der Waals surface area contributed by atoms with Crippen LogP contribution in [0.4, 0.5) is 17.5 Å². The molecule has 3 rings (SSSR count). The lowest BCUT2D eigenvalue weighted by Gasteiger charge is -2.20. The average Bonchev–Trinajstić information content (AvgIpc) is 2.85. The Kier molecular flexibility index (Phi) is 4.44. The first kappa shape index (κ1) is 14.3. The van der Waals surface area contributed by atoms with E-state index in [0.29, 0.717) is 11.5 Å². The Bertz CT molecular complexity index is 653. The molecule has 112 valence electrons. The van der Waals surface area contributed by atoms with Gasteiger partial charge in [0.05, 0.1) is 17.8 Å². The Balaban J connectivity index is 1.74. The van der Waals surface area contributed by atoms with E-state index in [4.69, 9.17) is 5.26 Å². The number of benzene rings is 1. The SMILES string of the molecule is N#Cc1ccc(Nc2nncc(N3CCCCCC3)n2)cc1. The summed E-state index contributed by atoms with van der Waals surface area (Å²) >= 11 is 0. The van der Waals surface area contributed by atoms with Gasteiger partial charge in [-0.3, -0.25) is 0 Å². The summed E-state index contributed by atoms with van der Waals surface area (Å²) in [6.45, 7) is 2.05. The van der Waals surface area contributed by atoms with Crippen LogP contribution >= 0.6 is 0 Å². The van der Waals surface area contributed by atoms with Gasteiger partial charge in [0.1, 0.15) is 0 Å². The Morgan fingerprint density at radius 2 is 1.77 bits per heavy atom. The minimum absolute atomic E-state index is 0.478. The number of nitriles is 1. The first-order valence-electron chi connectivity index (χ1n) is 7.57. The second kappa shape index (κ2) is 6.85. The van der Waals surface area contributed by atoms with Crippen molar-refractivity contribution in [2.24, 2.45) is 0 Å². The zero-order chi connectivity index (χ0) is 15.2. The molecular formula is C16H18N6. The van der Waals surface area contributed by atoms with Crippen LogP contribution in [0.25, 0.3) is 0 Å². The molecule has 0 radical (unpaired) electrons. The molecular weight excluding hydrogens is 276 g/mol. The lowest BCUT2D eigenvalue weighted by molar-refractivity contribution is 0.726. The summed E-state index contributed by atoms with van der Waals surface area (Å²) in [6, 6.07) is 9.28. The molecule has 1 fully saturated rings. The standard InChI is InChI=1S/C16H18N6/c17-11-13-5-7-14(8-6-13)19-16-20-15(12-18-21-16)22-9-3-1-2-4-10-22/h5-8,12H,1-4,9-10H2,(H,19,20,21). The minimum atomic E-state index is 0.478. The number of hydrogen-bond acceptors (Lipinski definition) is 6. The number of nitrogens with zero attached hydrogens (tertiary/aromatic N) is 5. The Hall–Kier alpha value is -2.68. The van der Waals surface area contributed by atoms with Crippen molar-refractivity contribution >= 4 is 17.5 Å². The third kappa shape index (κ3) is 3.50. The summed E-state index contributed by atoms with van der Waals surface area (Å²) in [4.78, 5) is 6.82. The molecule has 1 aromatic heterocycles. The van der Waals surface area contributed by atoms with Gasteiger partial charge in [0, 0.05) is 18.8 Å². The summed E-state index contributed by atoms with van der Waals surface area (Å²) in [7, 11) is 0.